The van der Waals surface area contributed by atoms with E-state index in [0.29, 0.717) is 11.6 Å². The lowest BCUT2D eigenvalue weighted by molar-refractivity contribution is -0.290. The lowest BCUT2D eigenvalue weighted by Crippen LogP contribution is -2.34. The Bertz CT molecular complexity index is 313. The topological polar surface area (TPSA) is 12.9 Å². The fourth-order valence-electron chi connectivity index (χ4n) is 0.799. The maximum absolute atomic E-state index is 12.6. The average Bonchev–Trinajstić information content (AvgIpc) is 2.03. The number of aromatic nitrogens is 1. The fourth-order valence-corrected chi connectivity index (χ4v) is 0.799. The average molecular weight is 211 g/mol. The maximum Gasteiger partial charge on any atom is 0.459 e. The SMILES string of the molecule is Cc1ccc(C(F)(F)C(F)(F)F)nc1. The molecule has 0 N–H and O–H groups in total. The van der Waals surface area contributed by atoms with E-state index in [4.69, 9.17) is 0 Å². The van der Waals surface area contributed by atoms with Gasteiger partial charge < -0.3 is 0 Å². The molecule has 0 fully saturated rings. The highest BCUT2D eigenvalue weighted by Crippen LogP contribution is 2.42. The molecule has 0 saturated heterocycles. The maximum atomic E-state index is 12.6. The quantitative estimate of drug-likeness (QED) is 0.650. The van der Waals surface area contributed by atoms with Gasteiger partial charge in [0.05, 0.1) is 0 Å². The Morgan fingerprint density at radius 1 is 1.07 bits per heavy atom. The van der Waals surface area contributed by atoms with E-state index in [2.05, 4.69) is 4.98 Å². The minimum atomic E-state index is -5.60. The molecule has 0 aliphatic heterocycles. The molecule has 1 aromatic heterocycles. The highest BCUT2D eigenvalue weighted by molar-refractivity contribution is 5.17. The van der Waals surface area contributed by atoms with Crippen LogP contribution in [0.15, 0.2) is 18.3 Å². The molecule has 6 heteroatoms. The van der Waals surface area contributed by atoms with Gasteiger partial charge in [-0.3, -0.25) is 4.98 Å². The normalized spacial score (nSPS) is 13.0. The fraction of sp³-hybridized carbons (Fsp3) is 0.375. The summed E-state index contributed by atoms with van der Waals surface area (Å²) in [6, 6.07) is 1.82. The van der Waals surface area contributed by atoms with Gasteiger partial charge in [-0.25, -0.2) is 0 Å². The van der Waals surface area contributed by atoms with Crippen molar-refractivity contribution >= 4 is 0 Å². The van der Waals surface area contributed by atoms with Gasteiger partial charge in [0, 0.05) is 6.20 Å². The first-order chi connectivity index (χ1) is 6.25. The molecule has 1 rings (SSSR count). The Labute approximate surface area is 76.6 Å². The Kier molecular flexibility index (Phi) is 2.47. The molecule has 0 atom stereocenters. The Balaban J connectivity index is 3.10. The van der Waals surface area contributed by atoms with E-state index < -0.39 is 17.8 Å². The molecule has 0 aliphatic carbocycles. The van der Waals surface area contributed by atoms with E-state index in [9.17, 15) is 22.0 Å². The monoisotopic (exact) mass is 211 g/mol. The van der Waals surface area contributed by atoms with Gasteiger partial charge in [-0.1, -0.05) is 6.07 Å². The predicted octanol–water partition coefficient (Wildman–Crippen LogP) is 3.04. The third-order valence-electron chi connectivity index (χ3n) is 1.59. The minimum Gasteiger partial charge on any atom is -0.254 e. The molecule has 0 spiro atoms. The first-order valence-electron chi connectivity index (χ1n) is 3.63. The second kappa shape index (κ2) is 3.18. The summed E-state index contributed by atoms with van der Waals surface area (Å²) in [4.78, 5) is 3.05. The molecule has 78 valence electrons. The van der Waals surface area contributed by atoms with Gasteiger partial charge in [0.1, 0.15) is 5.69 Å². The van der Waals surface area contributed by atoms with Crippen LogP contribution in [0.4, 0.5) is 22.0 Å². The van der Waals surface area contributed by atoms with Gasteiger partial charge in [0.15, 0.2) is 0 Å². The second-order valence-electron chi connectivity index (χ2n) is 2.79. The molecule has 0 saturated carbocycles. The van der Waals surface area contributed by atoms with Crippen LogP contribution in [0.5, 0.6) is 0 Å². The Morgan fingerprint density at radius 3 is 2.00 bits per heavy atom. The number of aryl methyl sites for hydroxylation is 1. The first-order valence-corrected chi connectivity index (χ1v) is 3.63. The summed E-state index contributed by atoms with van der Waals surface area (Å²) < 4.78 is 60.7. The summed E-state index contributed by atoms with van der Waals surface area (Å²) in [5.74, 6) is -4.89. The highest BCUT2D eigenvalue weighted by atomic mass is 19.4. The van der Waals surface area contributed by atoms with Gasteiger partial charge >= 0.3 is 12.1 Å². The Morgan fingerprint density at radius 2 is 1.64 bits per heavy atom. The van der Waals surface area contributed by atoms with Crippen LogP contribution in [-0.2, 0) is 5.92 Å². The molecule has 0 amide bonds. The van der Waals surface area contributed by atoms with Crippen molar-refractivity contribution in [3.05, 3.63) is 29.6 Å². The summed E-state index contributed by atoms with van der Waals surface area (Å²) in [7, 11) is 0. The number of pyridine rings is 1. The van der Waals surface area contributed by atoms with Crippen LogP contribution in [0.3, 0.4) is 0 Å². The van der Waals surface area contributed by atoms with E-state index in [1.165, 1.54) is 0 Å². The second-order valence-corrected chi connectivity index (χ2v) is 2.79. The summed E-state index contributed by atoms with van der Waals surface area (Å²) >= 11 is 0. The van der Waals surface area contributed by atoms with E-state index in [1.54, 1.807) is 6.92 Å². The van der Waals surface area contributed by atoms with Crippen molar-refractivity contribution in [1.29, 1.82) is 0 Å². The summed E-state index contributed by atoms with van der Waals surface area (Å²) in [6.07, 6.45) is -4.63. The predicted molar refractivity (Wildman–Crippen MR) is 38.9 cm³/mol. The number of hydrogen-bond donors (Lipinski definition) is 0. The van der Waals surface area contributed by atoms with Crippen LogP contribution in [-0.4, -0.2) is 11.2 Å². The molecule has 0 aliphatic rings. The zero-order valence-electron chi connectivity index (χ0n) is 7.07. The molecule has 1 nitrogen and oxygen atoms in total. The zero-order chi connectivity index (χ0) is 11.0. The lowest BCUT2D eigenvalue weighted by atomic mass is 10.2. The summed E-state index contributed by atoms with van der Waals surface area (Å²) in [6.45, 7) is 1.54. The van der Waals surface area contributed by atoms with Gasteiger partial charge in [-0.2, -0.15) is 22.0 Å². The first kappa shape index (κ1) is 10.9. The van der Waals surface area contributed by atoms with Crippen LogP contribution in [0.2, 0.25) is 0 Å². The molecule has 1 heterocycles. The summed E-state index contributed by atoms with van der Waals surface area (Å²) in [5, 5.41) is 0. The summed E-state index contributed by atoms with van der Waals surface area (Å²) in [5.41, 5.74) is -0.762. The van der Waals surface area contributed by atoms with Crippen molar-refractivity contribution < 1.29 is 22.0 Å². The van der Waals surface area contributed by atoms with Crippen molar-refractivity contribution in [3.8, 4) is 0 Å². The van der Waals surface area contributed by atoms with E-state index in [0.717, 1.165) is 12.3 Å². The minimum absolute atomic E-state index is 0.520. The molecule has 0 unspecified atom stereocenters. The molecular formula is C8H6F5N. The number of hydrogen-bond acceptors (Lipinski definition) is 1. The molecule has 1 aromatic rings. The number of alkyl halides is 5. The van der Waals surface area contributed by atoms with Crippen LogP contribution in [0.1, 0.15) is 11.3 Å². The Hall–Kier alpha value is -1.20. The standard InChI is InChI=1S/C8H6F5N/c1-5-2-3-6(14-4-5)7(9,10)8(11,12)13/h2-4H,1H3. The van der Waals surface area contributed by atoms with Crippen LogP contribution in [0, 0.1) is 6.92 Å². The van der Waals surface area contributed by atoms with E-state index in [-0.39, 0.29) is 0 Å². The van der Waals surface area contributed by atoms with Crippen molar-refractivity contribution in [2.45, 2.75) is 19.0 Å². The van der Waals surface area contributed by atoms with E-state index in [1.807, 2.05) is 0 Å². The molecule has 0 radical (unpaired) electrons. The molecule has 0 bridgehead atoms. The van der Waals surface area contributed by atoms with E-state index >= 15 is 0 Å². The molecule has 14 heavy (non-hydrogen) atoms. The highest BCUT2D eigenvalue weighted by Gasteiger charge is 2.59. The van der Waals surface area contributed by atoms with Crippen molar-refractivity contribution in [2.24, 2.45) is 0 Å². The lowest BCUT2D eigenvalue weighted by Gasteiger charge is -2.18. The number of rotatable bonds is 1. The van der Waals surface area contributed by atoms with Crippen molar-refractivity contribution in [2.75, 3.05) is 0 Å². The number of nitrogens with zero attached hydrogens (tertiary/aromatic N) is 1. The molecule has 0 aromatic carbocycles. The largest absolute Gasteiger partial charge is 0.459 e. The molecular weight excluding hydrogens is 205 g/mol. The zero-order valence-corrected chi connectivity index (χ0v) is 7.07. The van der Waals surface area contributed by atoms with Crippen LogP contribution < -0.4 is 0 Å². The van der Waals surface area contributed by atoms with Crippen molar-refractivity contribution in [3.63, 3.8) is 0 Å². The van der Waals surface area contributed by atoms with Gasteiger partial charge in [0.25, 0.3) is 0 Å². The van der Waals surface area contributed by atoms with Crippen LogP contribution in [0.25, 0.3) is 0 Å². The number of halogens is 5. The van der Waals surface area contributed by atoms with Gasteiger partial charge in [0.2, 0.25) is 0 Å². The third kappa shape index (κ3) is 1.83. The van der Waals surface area contributed by atoms with Crippen LogP contribution >= 0.6 is 0 Å². The third-order valence-corrected chi connectivity index (χ3v) is 1.59. The smallest absolute Gasteiger partial charge is 0.254 e. The van der Waals surface area contributed by atoms with Gasteiger partial charge in [-0.15, -0.1) is 0 Å². The van der Waals surface area contributed by atoms with Crippen molar-refractivity contribution in [1.82, 2.24) is 4.98 Å². The van der Waals surface area contributed by atoms with Gasteiger partial charge in [-0.05, 0) is 18.6 Å².